The summed E-state index contributed by atoms with van der Waals surface area (Å²) in [6.07, 6.45) is 2.15. The van der Waals surface area contributed by atoms with Gasteiger partial charge in [0.1, 0.15) is 5.82 Å². The van der Waals surface area contributed by atoms with Crippen molar-refractivity contribution in [2.75, 3.05) is 20.1 Å². The van der Waals surface area contributed by atoms with Crippen LogP contribution >= 0.6 is 11.6 Å². The maximum Gasteiger partial charge on any atom is 0.291 e. The number of nitrogens with zero attached hydrogens (tertiary/aromatic N) is 3. The predicted molar refractivity (Wildman–Crippen MR) is 84.6 cm³/mol. The second-order valence-corrected chi connectivity index (χ2v) is 5.70. The molecule has 0 aliphatic heterocycles. The summed E-state index contributed by atoms with van der Waals surface area (Å²) in [7, 11) is 1.84. The molecule has 1 fully saturated rings. The number of para-hydroxylation sites is 1. The Kier molecular flexibility index (Phi) is 4.40. The molecule has 7 heteroatoms. The number of likely N-dealkylation sites (N-methyl/N-ethyl adjacent to an activating group) is 1. The van der Waals surface area contributed by atoms with Gasteiger partial charge in [0.2, 0.25) is 5.82 Å². The van der Waals surface area contributed by atoms with E-state index in [4.69, 9.17) is 11.6 Å². The summed E-state index contributed by atoms with van der Waals surface area (Å²) in [6, 6.07) is 7.45. The Labute approximate surface area is 133 Å². The van der Waals surface area contributed by atoms with Gasteiger partial charge in [0.05, 0.1) is 10.7 Å². The molecule has 0 spiro atoms. The van der Waals surface area contributed by atoms with Gasteiger partial charge in [-0.25, -0.2) is 9.67 Å². The van der Waals surface area contributed by atoms with Crippen molar-refractivity contribution in [3.63, 3.8) is 0 Å². The molecule has 1 aromatic heterocycles. The van der Waals surface area contributed by atoms with Crippen LogP contribution in [0.1, 0.15) is 35.2 Å². The summed E-state index contributed by atoms with van der Waals surface area (Å²) in [5.74, 6) is 1.11. The van der Waals surface area contributed by atoms with Gasteiger partial charge in [-0.05, 0) is 32.0 Å². The number of amides is 1. The van der Waals surface area contributed by atoms with Crippen molar-refractivity contribution in [2.45, 2.75) is 18.8 Å². The highest BCUT2D eigenvalue weighted by Gasteiger charge is 2.31. The van der Waals surface area contributed by atoms with E-state index in [0.717, 1.165) is 24.4 Å². The molecule has 116 valence electrons. The van der Waals surface area contributed by atoms with Gasteiger partial charge in [-0.15, -0.1) is 5.10 Å². The van der Waals surface area contributed by atoms with Crippen molar-refractivity contribution < 1.29 is 4.79 Å². The summed E-state index contributed by atoms with van der Waals surface area (Å²) < 4.78 is 1.70. The van der Waals surface area contributed by atoms with Crippen LogP contribution in [0.15, 0.2) is 24.3 Å². The molecule has 0 atom stereocenters. The summed E-state index contributed by atoms with van der Waals surface area (Å²) >= 11 is 6.25. The van der Waals surface area contributed by atoms with Gasteiger partial charge in [-0.3, -0.25) is 4.79 Å². The molecule has 3 rings (SSSR count). The van der Waals surface area contributed by atoms with Crippen LogP contribution in [-0.2, 0) is 0 Å². The van der Waals surface area contributed by atoms with E-state index in [0.29, 0.717) is 24.0 Å². The summed E-state index contributed by atoms with van der Waals surface area (Å²) in [5.41, 5.74) is 0.757. The monoisotopic (exact) mass is 319 g/mol. The van der Waals surface area contributed by atoms with Crippen LogP contribution in [0.5, 0.6) is 0 Å². The first-order valence-corrected chi connectivity index (χ1v) is 7.73. The average molecular weight is 320 g/mol. The lowest BCUT2D eigenvalue weighted by atomic mass is 10.3. The third-order valence-electron chi connectivity index (χ3n) is 3.52. The highest BCUT2D eigenvalue weighted by molar-refractivity contribution is 6.32. The first-order chi connectivity index (χ1) is 10.7. The maximum atomic E-state index is 12.1. The zero-order chi connectivity index (χ0) is 15.5. The Hall–Kier alpha value is -1.92. The van der Waals surface area contributed by atoms with E-state index in [1.807, 2.05) is 31.3 Å². The lowest BCUT2D eigenvalue weighted by molar-refractivity contribution is 0.0944. The van der Waals surface area contributed by atoms with Gasteiger partial charge >= 0.3 is 0 Å². The molecule has 0 radical (unpaired) electrons. The maximum absolute atomic E-state index is 12.1. The van der Waals surface area contributed by atoms with Gasteiger partial charge in [0.25, 0.3) is 5.91 Å². The fourth-order valence-corrected chi connectivity index (χ4v) is 2.42. The standard InChI is InChI=1S/C15H18ClN5O/c1-17-8-9-18-15(22)13-19-14(10-6-7-10)21(20-13)12-5-3-2-4-11(12)16/h2-5,10,17H,6-9H2,1H3,(H,18,22). The molecular formula is C15H18ClN5O. The summed E-state index contributed by atoms with van der Waals surface area (Å²) in [5, 5.41) is 10.7. The molecule has 1 aromatic carbocycles. The van der Waals surface area contributed by atoms with Crippen molar-refractivity contribution in [3.8, 4) is 5.69 Å². The van der Waals surface area contributed by atoms with Crippen LogP contribution in [0.25, 0.3) is 5.69 Å². The SMILES string of the molecule is CNCCNC(=O)c1nc(C2CC2)n(-c2ccccc2Cl)n1. The topological polar surface area (TPSA) is 71.8 Å². The van der Waals surface area contributed by atoms with E-state index in [-0.39, 0.29) is 11.7 Å². The third kappa shape index (κ3) is 3.13. The number of carbonyl (C=O) groups excluding carboxylic acids is 1. The normalized spacial score (nSPS) is 14.1. The zero-order valence-corrected chi connectivity index (χ0v) is 13.1. The second kappa shape index (κ2) is 6.46. The Morgan fingerprint density at radius 3 is 2.82 bits per heavy atom. The Morgan fingerprint density at radius 1 is 1.36 bits per heavy atom. The lowest BCUT2D eigenvalue weighted by Gasteiger charge is -2.06. The van der Waals surface area contributed by atoms with E-state index in [2.05, 4.69) is 20.7 Å². The Bertz CT molecular complexity index is 680. The van der Waals surface area contributed by atoms with Gasteiger partial charge in [-0.1, -0.05) is 23.7 Å². The van der Waals surface area contributed by atoms with Crippen molar-refractivity contribution >= 4 is 17.5 Å². The highest BCUT2D eigenvalue weighted by Crippen LogP contribution is 2.40. The van der Waals surface area contributed by atoms with Crippen molar-refractivity contribution in [3.05, 3.63) is 40.9 Å². The molecule has 2 aromatic rings. The summed E-state index contributed by atoms with van der Waals surface area (Å²) in [6.45, 7) is 1.24. The minimum atomic E-state index is -0.261. The zero-order valence-electron chi connectivity index (χ0n) is 12.3. The molecule has 0 saturated heterocycles. The van der Waals surface area contributed by atoms with E-state index in [1.165, 1.54) is 0 Å². The van der Waals surface area contributed by atoms with E-state index < -0.39 is 0 Å². The summed E-state index contributed by atoms with van der Waals surface area (Å²) in [4.78, 5) is 16.6. The number of nitrogens with one attached hydrogen (secondary N) is 2. The van der Waals surface area contributed by atoms with E-state index >= 15 is 0 Å². The molecular weight excluding hydrogens is 302 g/mol. The van der Waals surface area contributed by atoms with E-state index in [9.17, 15) is 4.79 Å². The van der Waals surface area contributed by atoms with Crippen LogP contribution in [0.3, 0.4) is 0 Å². The van der Waals surface area contributed by atoms with Crippen molar-refractivity contribution in [1.29, 1.82) is 0 Å². The van der Waals surface area contributed by atoms with Crippen molar-refractivity contribution in [1.82, 2.24) is 25.4 Å². The molecule has 0 unspecified atom stereocenters. The molecule has 0 bridgehead atoms. The average Bonchev–Trinajstić information content (AvgIpc) is 3.27. The quantitative estimate of drug-likeness (QED) is 0.796. The number of benzene rings is 1. The van der Waals surface area contributed by atoms with Crippen LogP contribution in [0, 0.1) is 0 Å². The molecule has 1 amide bonds. The van der Waals surface area contributed by atoms with Crippen LogP contribution in [0.2, 0.25) is 5.02 Å². The Balaban J connectivity index is 1.90. The third-order valence-corrected chi connectivity index (χ3v) is 3.84. The van der Waals surface area contributed by atoms with Crippen LogP contribution in [-0.4, -0.2) is 40.8 Å². The molecule has 1 aliphatic rings. The second-order valence-electron chi connectivity index (χ2n) is 5.29. The van der Waals surface area contributed by atoms with Gasteiger partial charge in [0, 0.05) is 19.0 Å². The molecule has 1 saturated carbocycles. The highest BCUT2D eigenvalue weighted by atomic mass is 35.5. The number of halogens is 1. The van der Waals surface area contributed by atoms with Gasteiger partial charge in [0.15, 0.2) is 0 Å². The molecule has 1 heterocycles. The number of carbonyl (C=O) groups is 1. The van der Waals surface area contributed by atoms with Crippen LogP contribution < -0.4 is 10.6 Å². The first-order valence-electron chi connectivity index (χ1n) is 7.35. The van der Waals surface area contributed by atoms with Crippen molar-refractivity contribution in [2.24, 2.45) is 0 Å². The molecule has 22 heavy (non-hydrogen) atoms. The van der Waals surface area contributed by atoms with Gasteiger partial charge < -0.3 is 10.6 Å². The number of rotatable bonds is 6. The smallest absolute Gasteiger partial charge is 0.291 e. The molecule has 1 aliphatic carbocycles. The van der Waals surface area contributed by atoms with E-state index in [1.54, 1.807) is 4.68 Å². The lowest BCUT2D eigenvalue weighted by Crippen LogP contribution is -2.31. The number of hydrogen-bond acceptors (Lipinski definition) is 4. The van der Waals surface area contributed by atoms with Crippen LogP contribution in [0.4, 0.5) is 0 Å². The first kappa shape index (κ1) is 15.0. The minimum Gasteiger partial charge on any atom is -0.348 e. The number of aromatic nitrogens is 3. The van der Waals surface area contributed by atoms with Gasteiger partial charge in [-0.2, -0.15) is 0 Å². The molecule has 6 nitrogen and oxygen atoms in total. The predicted octanol–water partition coefficient (Wildman–Crippen LogP) is 1.75. The largest absolute Gasteiger partial charge is 0.348 e. The Morgan fingerprint density at radius 2 is 2.14 bits per heavy atom. The minimum absolute atomic E-state index is 0.193. The number of hydrogen-bond donors (Lipinski definition) is 2. The fraction of sp³-hybridized carbons (Fsp3) is 0.400. The fourth-order valence-electron chi connectivity index (χ4n) is 2.21. The molecule has 2 N–H and O–H groups in total.